The van der Waals surface area contributed by atoms with E-state index in [4.69, 9.17) is 31.8 Å². The highest BCUT2D eigenvalue weighted by Crippen LogP contribution is 2.42. The number of morpholine rings is 1. The van der Waals surface area contributed by atoms with Crippen molar-refractivity contribution >= 4 is 46.8 Å². The fraction of sp³-hybridized carbons (Fsp3) is 0.519. The first kappa shape index (κ1) is 28.3. The van der Waals surface area contributed by atoms with E-state index in [0.717, 1.165) is 48.3 Å². The van der Waals surface area contributed by atoms with Crippen molar-refractivity contribution < 1.29 is 14.6 Å². The van der Waals surface area contributed by atoms with Crippen LogP contribution in [0.25, 0.3) is 0 Å². The van der Waals surface area contributed by atoms with Gasteiger partial charge in [0.05, 0.1) is 56.0 Å². The van der Waals surface area contributed by atoms with Gasteiger partial charge in [0.15, 0.2) is 5.82 Å². The van der Waals surface area contributed by atoms with E-state index in [2.05, 4.69) is 37.1 Å². The number of nitrogens with one attached hydrogen (secondary N) is 1. The third kappa shape index (κ3) is 5.92. The summed E-state index contributed by atoms with van der Waals surface area (Å²) >= 11 is 8.17. The van der Waals surface area contributed by atoms with Gasteiger partial charge in [0, 0.05) is 48.4 Å². The smallest absolute Gasteiger partial charge is 0.227 e. The number of nitrogens with two attached hydrogens (primary N) is 1. The molecule has 4 N–H and O–H groups in total. The third-order valence-corrected chi connectivity index (χ3v) is 9.67. The molecule has 14 heteroatoms. The first-order valence-electron chi connectivity index (χ1n) is 13.8. The molecular formula is C27H34ClN9O3S. The lowest BCUT2D eigenvalue weighted by molar-refractivity contribution is 0.0718. The highest BCUT2D eigenvalue weighted by atomic mass is 35.5. The van der Waals surface area contributed by atoms with Gasteiger partial charge in [-0.3, -0.25) is 0 Å². The number of aliphatic hydroxyl groups excluding tert-OH is 1. The molecule has 3 aromatic rings. The molecule has 0 amide bonds. The van der Waals surface area contributed by atoms with Crippen molar-refractivity contribution in [2.24, 2.45) is 11.1 Å². The van der Waals surface area contributed by atoms with Crippen LogP contribution < -0.4 is 20.9 Å². The molecule has 3 aliphatic rings. The second-order valence-electron chi connectivity index (χ2n) is 10.6. The van der Waals surface area contributed by atoms with Crippen molar-refractivity contribution in [2.75, 3.05) is 61.2 Å². The van der Waals surface area contributed by atoms with E-state index in [1.54, 1.807) is 24.7 Å². The van der Waals surface area contributed by atoms with Crippen LogP contribution in [-0.4, -0.2) is 94.3 Å². The van der Waals surface area contributed by atoms with Crippen molar-refractivity contribution in [3.05, 3.63) is 41.9 Å². The zero-order chi connectivity index (χ0) is 28.4. The molecule has 3 aromatic heterocycles. The lowest BCUT2D eigenvalue weighted by atomic mass is 9.73. The topological polar surface area (TPSA) is 148 Å². The first-order chi connectivity index (χ1) is 20.0. The van der Waals surface area contributed by atoms with Crippen LogP contribution in [0.15, 0.2) is 46.8 Å². The summed E-state index contributed by atoms with van der Waals surface area (Å²) < 4.78 is 11.3. The number of rotatable bonds is 7. The van der Waals surface area contributed by atoms with Crippen LogP contribution in [0.1, 0.15) is 19.8 Å². The lowest BCUT2D eigenvalue weighted by Crippen LogP contribution is -2.50. The van der Waals surface area contributed by atoms with Gasteiger partial charge in [-0.05, 0) is 31.9 Å². The molecule has 0 saturated carbocycles. The molecule has 218 valence electrons. The van der Waals surface area contributed by atoms with Gasteiger partial charge in [-0.25, -0.2) is 19.9 Å². The summed E-state index contributed by atoms with van der Waals surface area (Å²) in [6, 6.07) is 3.48. The standard InChI is InChI=1S/C27H34ClN9O3S/c1-17-24(29)27(16-40-17)4-8-36(9-5-27)21-12-33-22(13-32-21)41-19-2-6-30-25(23(19)28)34-20-3-7-31-26(35-20)37-10-11-39-15-18(37)14-38/h2-3,6-7,12-13,17-18,24,38H,4-5,8-11,14-16,29H2,1H3,(H,30,31,34,35)/t17-,18-,24+/m0/s1. The average Bonchev–Trinajstić information content (AvgIpc) is 3.28. The largest absolute Gasteiger partial charge is 0.394 e. The van der Waals surface area contributed by atoms with Crippen LogP contribution in [-0.2, 0) is 9.47 Å². The Hall–Kier alpha value is -2.81. The molecule has 0 aromatic carbocycles. The van der Waals surface area contributed by atoms with Gasteiger partial charge >= 0.3 is 0 Å². The maximum Gasteiger partial charge on any atom is 0.227 e. The van der Waals surface area contributed by atoms with Gasteiger partial charge in [-0.15, -0.1) is 0 Å². The molecule has 3 aliphatic heterocycles. The Morgan fingerprint density at radius 2 is 1.98 bits per heavy atom. The van der Waals surface area contributed by atoms with E-state index >= 15 is 0 Å². The summed E-state index contributed by atoms with van der Waals surface area (Å²) in [4.78, 5) is 27.8. The van der Waals surface area contributed by atoms with E-state index in [1.807, 2.05) is 17.2 Å². The molecule has 6 rings (SSSR count). The fourth-order valence-corrected chi connectivity index (χ4v) is 6.66. The summed E-state index contributed by atoms with van der Waals surface area (Å²) in [5, 5.41) is 14.1. The number of piperidine rings is 1. The molecule has 0 radical (unpaired) electrons. The normalized spacial score (nSPS) is 24.1. The molecule has 0 bridgehead atoms. The molecule has 3 fully saturated rings. The van der Waals surface area contributed by atoms with E-state index in [9.17, 15) is 5.11 Å². The molecule has 0 aliphatic carbocycles. The number of halogens is 1. The van der Waals surface area contributed by atoms with Crippen LogP contribution in [0.4, 0.5) is 23.4 Å². The van der Waals surface area contributed by atoms with Crippen molar-refractivity contribution in [2.45, 2.75) is 47.9 Å². The molecule has 12 nitrogen and oxygen atoms in total. The van der Waals surface area contributed by atoms with E-state index < -0.39 is 0 Å². The van der Waals surface area contributed by atoms with Crippen LogP contribution in [0.5, 0.6) is 0 Å². The minimum absolute atomic E-state index is 0.0419. The zero-order valence-corrected chi connectivity index (χ0v) is 24.4. The van der Waals surface area contributed by atoms with Gasteiger partial charge in [-0.2, -0.15) is 4.98 Å². The maximum absolute atomic E-state index is 9.71. The van der Waals surface area contributed by atoms with E-state index in [1.165, 1.54) is 11.8 Å². The Morgan fingerprint density at radius 1 is 1.15 bits per heavy atom. The number of anilines is 4. The van der Waals surface area contributed by atoms with Gasteiger partial charge < -0.3 is 35.4 Å². The molecule has 0 unspecified atom stereocenters. The fourth-order valence-electron chi connectivity index (χ4n) is 5.63. The van der Waals surface area contributed by atoms with Crippen molar-refractivity contribution in [1.29, 1.82) is 0 Å². The van der Waals surface area contributed by atoms with E-state index in [0.29, 0.717) is 42.4 Å². The Bertz CT molecular complexity index is 1350. The van der Waals surface area contributed by atoms with Crippen LogP contribution >= 0.6 is 23.4 Å². The van der Waals surface area contributed by atoms with Crippen LogP contribution in [0.3, 0.4) is 0 Å². The summed E-state index contributed by atoms with van der Waals surface area (Å²) in [5.41, 5.74) is 6.53. The molecular weight excluding hydrogens is 566 g/mol. The number of pyridine rings is 1. The molecule has 3 atom stereocenters. The Balaban J connectivity index is 1.10. The van der Waals surface area contributed by atoms with Crippen molar-refractivity contribution in [3.8, 4) is 0 Å². The first-order valence-corrected chi connectivity index (χ1v) is 15.0. The van der Waals surface area contributed by atoms with Crippen molar-refractivity contribution in [1.82, 2.24) is 24.9 Å². The summed E-state index contributed by atoms with van der Waals surface area (Å²) in [5.74, 6) is 2.38. The molecule has 6 heterocycles. The van der Waals surface area contributed by atoms with Crippen molar-refractivity contribution in [3.63, 3.8) is 0 Å². The predicted octanol–water partition coefficient (Wildman–Crippen LogP) is 2.74. The predicted molar refractivity (Wildman–Crippen MR) is 157 cm³/mol. The van der Waals surface area contributed by atoms with Gasteiger partial charge in [0.2, 0.25) is 5.95 Å². The second kappa shape index (κ2) is 12.2. The summed E-state index contributed by atoms with van der Waals surface area (Å²) in [7, 11) is 0. The second-order valence-corrected chi connectivity index (χ2v) is 12.1. The van der Waals surface area contributed by atoms with Gasteiger partial charge in [0.25, 0.3) is 0 Å². The monoisotopic (exact) mass is 599 g/mol. The number of aromatic nitrogens is 5. The van der Waals surface area contributed by atoms with Gasteiger partial charge in [0.1, 0.15) is 16.7 Å². The minimum atomic E-state index is -0.191. The van der Waals surface area contributed by atoms with E-state index in [-0.39, 0.29) is 30.2 Å². The summed E-state index contributed by atoms with van der Waals surface area (Å²) in [6.45, 7) is 6.10. The Kier molecular flexibility index (Phi) is 8.42. The SMILES string of the molecule is C[C@@H]1OCC2(CCN(c3cnc(Sc4ccnc(Nc5ccnc(N6CCOC[C@@H]6CO)n5)c4Cl)cn3)CC2)[C@@H]1N. The average molecular weight is 600 g/mol. The molecule has 41 heavy (non-hydrogen) atoms. The summed E-state index contributed by atoms with van der Waals surface area (Å²) in [6.07, 6.45) is 9.03. The Morgan fingerprint density at radius 3 is 2.71 bits per heavy atom. The zero-order valence-electron chi connectivity index (χ0n) is 22.8. The van der Waals surface area contributed by atoms with Gasteiger partial charge in [-0.1, -0.05) is 23.4 Å². The third-order valence-electron chi connectivity index (χ3n) is 8.20. The number of nitrogens with zero attached hydrogens (tertiary/aromatic N) is 7. The highest BCUT2D eigenvalue weighted by Gasteiger charge is 2.47. The quantitative estimate of drug-likeness (QED) is 0.366. The van der Waals surface area contributed by atoms with Crippen LogP contribution in [0, 0.1) is 5.41 Å². The highest BCUT2D eigenvalue weighted by molar-refractivity contribution is 7.99. The number of ether oxygens (including phenoxy) is 2. The number of aliphatic hydroxyl groups is 1. The van der Waals surface area contributed by atoms with Crippen LogP contribution in [0.2, 0.25) is 5.02 Å². The Labute approximate surface area is 248 Å². The number of hydrogen-bond acceptors (Lipinski definition) is 13. The molecule has 3 saturated heterocycles. The maximum atomic E-state index is 9.71. The minimum Gasteiger partial charge on any atom is -0.394 e. The molecule has 1 spiro atoms. The number of hydrogen-bond donors (Lipinski definition) is 3. The lowest BCUT2D eigenvalue weighted by Gasteiger charge is -2.41.